The lowest BCUT2D eigenvalue weighted by Gasteiger charge is -2.38. The van der Waals surface area contributed by atoms with E-state index in [1.54, 1.807) is 12.1 Å². The number of aromatic nitrogens is 6. The summed E-state index contributed by atoms with van der Waals surface area (Å²) in [5, 5.41) is 36.7. The van der Waals surface area contributed by atoms with E-state index in [0.717, 1.165) is 114 Å². The molecule has 27 heteroatoms. The molecule has 4 saturated carbocycles. The molecule has 143 heavy (non-hydrogen) atoms. The average Bonchev–Trinajstić information content (AvgIpc) is 1.25. The average molecular weight is 1980 g/mol. The molecule has 4 aliphatic carbocycles. The van der Waals surface area contributed by atoms with Crippen LogP contribution in [0.15, 0.2) is 219 Å². The fourth-order valence-electron chi connectivity index (χ4n) is 20.4. The molecule has 9 heterocycles. The first-order valence-corrected chi connectivity index (χ1v) is 53.6. The molecule has 6 amide bonds. The number of benzene rings is 6. The summed E-state index contributed by atoms with van der Waals surface area (Å²) in [5.41, 5.74) is 15.6. The van der Waals surface area contributed by atoms with Crippen molar-refractivity contribution >= 4 is 87.4 Å². The van der Waals surface area contributed by atoms with Crippen LogP contribution in [0.3, 0.4) is 0 Å². The van der Waals surface area contributed by atoms with Crippen LogP contribution in [-0.4, -0.2) is 171 Å². The van der Waals surface area contributed by atoms with E-state index in [9.17, 15) is 58.5 Å². The van der Waals surface area contributed by atoms with Crippen LogP contribution < -0.4 is 16.0 Å². The lowest BCUT2D eigenvalue weighted by atomic mass is 9.78. The normalized spacial score (nSPS) is 19.2. The monoisotopic (exact) mass is 1980 g/mol. The Morgan fingerprint density at radius 2 is 0.587 bits per heavy atom. The van der Waals surface area contributed by atoms with Crippen molar-refractivity contribution in [3.63, 3.8) is 0 Å². The van der Waals surface area contributed by atoms with E-state index in [-0.39, 0.29) is 94.0 Å². The van der Waals surface area contributed by atoms with Gasteiger partial charge in [0.25, 0.3) is 17.7 Å². The standard InChI is InChI=1S/C39H42N4O4S.C39H44N4O4S.C38H42N4O4S/c1-2-24-3-7-26(8-4-24)27-11-13-28(14-12-27)31-20-40-36(41-21-31)30-9-5-25(6-10-30)19-33(38(45)43-22-32(23-43)39(46)47)42-37(44)35-18-17-34(48-35)29-15-16-29;1-4-25-5-9-27(10-6-25)28-13-15-29(16-14-28)31-20-40-36(41-21-31)30-11-7-26(8-12-30)19-33(38(45)43-22-32(23-43)39(46)47)42-37(44)35-18-17-34(48-35)24(2)3;1-3-24-5-9-26(10-6-24)27-13-15-28(16-14-27)30-20-39-35(40-21-30)29-11-7-25(8-12-29)19-33(37(44)42-22-31(23-42)38(45)46)41-36(43)34-18-17-32(4-2)47-34/h5-6,9-14,17-18,20-21,24,26,29,32-33H,2-4,7-8,15-16,19,22-23H2,1H3,(H,42,44)(H,46,47);7-8,11-18,20-21,24-25,27,32-33H,4-6,9-10,19,22-23H2,1-3H3,(H,42,44)(H,46,47);7-8,11-18,20-21,24,26,31,33H,3-6,9-10,19,22-23H2,1-2H3,(H,41,43)(H,45,46)/t24?,26?,33-;25?,27?,33-;24?,26?,33-/m000/s1. The number of carbonyl (C=O) groups excluding carboxylic acids is 6. The highest BCUT2D eigenvalue weighted by atomic mass is 32.1. The minimum Gasteiger partial charge on any atom is -0.481 e. The van der Waals surface area contributed by atoms with E-state index in [0.29, 0.717) is 61.7 Å². The zero-order valence-electron chi connectivity index (χ0n) is 82.2. The van der Waals surface area contributed by atoms with Crippen LogP contribution in [0.1, 0.15) is 257 Å². The molecule has 3 atom stereocenters. The number of thiophene rings is 3. The van der Waals surface area contributed by atoms with Gasteiger partial charge >= 0.3 is 17.9 Å². The zero-order chi connectivity index (χ0) is 99.9. The number of rotatable bonds is 33. The summed E-state index contributed by atoms with van der Waals surface area (Å²) in [6.07, 6.45) is 34.7. The van der Waals surface area contributed by atoms with E-state index in [1.807, 2.05) is 141 Å². The largest absolute Gasteiger partial charge is 0.481 e. The maximum Gasteiger partial charge on any atom is 0.310 e. The Morgan fingerprint density at radius 1 is 0.315 bits per heavy atom. The molecule has 3 saturated heterocycles. The molecule has 0 radical (unpaired) electrons. The van der Waals surface area contributed by atoms with Crippen molar-refractivity contribution in [2.45, 2.75) is 224 Å². The minimum atomic E-state index is -0.914. The second kappa shape index (κ2) is 47.0. The summed E-state index contributed by atoms with van der Waals surface area (Å²) < 4.78 is 0. The Kier molecular flexibility index (Phi) is 33.3. The van der Waals surface area contributed by atoms with Crippen molar-refractivity contribution < 1.29 is 58.5 Å². The van der Waals surface area contributed by atoms with Gasteiger partial charge in [0.05, 0.1) is 32.4 Å². The second-order valence-corrected chi connectivity index (χ2v) is 43.6. The van der Waals surface area contributed by atoms with Gasteiger partial charge in [0.2, 0.25) is 17.7 Å². The first kappa shape index (κ1) is 101. The van der Waals surface area contributed by atoms with Crippen molar-refractivity contribution in [1.82, 2.24) is 60.6 Å². The first-order chi connectivity index (χ1) is 69.3. The zero-order valence-corrected chi connectivity index (χ0v) is 84.7. The fraction of sp³-hybridized carbons (Fsp3) is 0.405. The number of hydrogen-bond donors (Lipinski definition) is 6. The van der Waals surface area contributed by atoms with Gasteiger partial charge in [-0.1, -0.05) is 206 Å². The number of amides is 6. The summed E-state index contributed by atoms with van der Waals surface area (Å²) in [7, 11) is 0. The molecule has 24 nitrogen and oxygen atoms in total. The molecule has 742 valence electrons. The van der Waals surface area contributed by atoms with E-state index in [2.05, 4.69) is 153 Å². The topological polar surface area (TPSA) is 337 Å². The van der Waals surface area contributed by atoms with Crippen LogP contribution in [0, 0.1) is 35.5 Å². The van der Waals surface area contributed by atoms with Crippen molar-refractivity contribution in [1.29, 1.82) is 0 Å². The Balaban J connectivity index is 0.000000147. The number of nitrogens with one attached hydrogen (secondary N) is 3. The van der Waals surface area contributed by atoms with Crippen LogP contribution in [0.5, 0.6) is 0 Å². The van der Waals surface area contributed by atoms with Crippen molar-refractivity contribution in [3.05, 3.63) is 282 Å². The van der Waals surface area contributed by atoms with Crippen LogP contribution in [0.4, 0.5) is 0 Å². The summed E-state index contributed by atoms with van der Waals surface area (Å²) in [6, 6.07) is 58.5. The third-order valence-electron chi connectivity index (χ3n) is 30.3. The summed E-state index contributed by atoms with van der Waals surface area (Å²) in [4.78, 5) is 151. The van der Waals surface area contributed by atoms with Gasteiger partial charge in [-0.3, -0.25) is 43.2 Å². The lowest BCUT2D eigenvalue weighted by Crippen LogP contribution is -2.59. The second-order valence-electron chi connectivity index (χ2n) is 40.2. The van der Waals surface area contributed by atoms with E-state index in [1.165, 1.54) is 167 Å². The third-order valence-corrected chi connectivity index (χ3v) is 34.1. The molecule has 7 aliphatic rings. The number of carboxylic acid groups (broad SMARTS) is 3. The SMILES string of the molecule is CCC1CCC(c2ccc(-c3cnc(-c4ccc(C[C@H](NC(=O)c5ccc(C(C)C)s5)C(=O)N5CC(C(=O)O)C5)cc4)nc3)cc2)CC1.CCC1CCC(c2ccc(-c3cnc(-c4ccc(C[C@H](NC(=O)c5ccc(C6CC6)s5)C(=O)N5CC(C(=O)O)C5)cc4)nc3)cc2)CC1.CCc1ccc(C(=O)N[C@@H](Cc2ccc(-c3ncc(-c4ccc(C5CCC(CC)CC5)cc4)cn3)cc2)C(=O)N2CC(C(=O)O)C2)s1. The number of aryl methyl sites for hydroxylation is 1. The number of carboxylic acids is 3. The van der Waals surface area contributed by atoms with Crippen molar-refractivity contribution in [3.8, 4) is 67.5 Å². The molecular weight excluding hydrogens is 1850 g/mol. The Hall–Kier alpha value is -13.1. The molecule has 3 aliphatic heterocycles. The smallest absolute Gasteiger partial charge is 0.310 e. The number of hydrogen-bond acceptors (Lipinski definition) is 18. The summed E-state index contributed by atoms with van der Waals surface area (Å²) in [6.45, 7) is 14.0. The maximum atomic E-state index is 13.4. The van der Waals surface area contributed by atoms with Crippen LogP contribution >= 0.6 is 34.0 Å². The van der Waals surface area contributed by atoms with Crippen LogP contribution in [-0.2, 0) is 54.5 Å². The van der Waals surface area contributed by atoms with Gasteiger partial charge in [-0.25, -0.2) is 29.9 Å². The molecule has 0 spiro atoms. The number of likely N-dealkylation sites (tertiary alicyclic amines) is 3. The molecule has 6 N–H and O–H groups in total. The van der Waals surface area contributed by atoms with Crippen LogP contribution in [0.25, 0.3) is 67.5 Å². The first-order valence-electron chi connectivity index (χ1n) is 51.1. The van der Waals surface area contributed by atoms with Crippen molar-refractivity contribution in [2.24, 2.45) is 35.5 Å². The predicted octanol–water partition coefficient (Wildman–Crippen LogP) is 21.9. The number of carbonyl (C=O) groups is 9. The molecule has 6 aromatic carbocycles. The highest BCUT2D eigenvalue weighted by Crippen LogP contribution is 2.45. The van der Waals surface area contributed by atoms with Gasteiger partial charge in [-0.15, -0.1) is 34.0 Å². The Bertz CT molecular complexity index is 6130. The van der Waals surface area contributed by atoms with Gasteiger partial charge in [0.15, 0.2) is 17.5 Å². The van der Waals surface area contributed by atoms with Gasteiger partial charge in [0, 0.05) is 144 Å². The summed E-state index contributed by atoms with van der Waals surface area (Å²) in [5.74, 6) is 1.18. The summed E-state index contributed by atoms with van der Waals surface area (Å²) >= 11 is 4.31. The molecular formula is C116H128N12O12S3. The van der Waals surface area contributed by atoms with Gasteiger partial charge in [0.1, 0.15) is 18.1 Å². The Morgan fingerprint density at radius 3 is 0.853 bits per heavy atom. The molecule has 0 unspecified atom stereocenters. The molecule has 12 aromatic rings. The van der Waals surface area contributed by atoms with Gasteiger partial charge in [-0.2, -0.15) is 0 Å². The van der Waals surface area contributed by atoms with Gasteiger partial charge < -0.3 is 46.0 Å². The minimum absolute atomic E-state index is 0.146. The molecule has 6 aromatic heterocycles. The Labute approximate surface area is 848 Å². The predicted molar refractivity (Wildman–Crippen MR) is 560 cm³/mol. The molecule has 0 bridgehead atoms. The fourth-order valence-corrected chi connectivity index (χ4v) is 23.3. The number of nitrogens with zero attached hydrogens (tertiary/aromatic N) is 9. The quantitative estimate of drug-likeness (QED) is 0.0222. The number of aliphatic carboxylic acids is 3. The molecule has 19 rings (SSSR count). The van der Waals surface area contributed by atoms with E-state index >= 15 is 0 Å². The van der Waals surface area contributed by atoms with E-state index in [4.69, 9.17) is 0 Å². The van der Waals surface area contributed by atoms with E-state index < -0.39 is 53.8 Å². The van der Waals surface area contributed by atoms with Crippen LogP contribution in [0.2, 0.25) is 0 Å². The highest BCUT2D eigenvalue weighted by molar-refractivity contribution is 7.14. The maximum absolute atomic E-state index is 13.4. The highest BCUT2D eigenvalue weighted by Gasteiger charge is 2.43. The molecule has 7 fully saturated rings. The lowest BCUT2D eigenvalue weighted by molar-refractivity contribution is -0.155. The third kappa shape index (κ3) is 25.6. The van der Waals surface area contributed by atoms with Crippen molar-refractivity contribution in [2.75, 3.05) is 39.3 Å². The van der Waals surface area contributed by atoms with Gasteiger partial charge in [-0.05, 0) is 230 Å².